The van der Waals surface area contributed by atoms with Crippen LogP contribution in [0, 0.1) is 6.92 Å². The molecule has 0 aliphatic rings. The lowest BCUT2D eigenvalue weighted by Gasteiger charge is -2.15. The Labute approximate surface area is 184 Å². The maximum atomic E-state index is 12.9. The van der Waals surface area contributed by atoms with E-state index in [9.17, 15) is 9.59 Å². The number of aromatic nitrogens is 3. The average Bonchev–Trinajstić information content (AvgIpc) is 3.15. The van der Waals surface area contributed by atoms with Crippen molar-refractivity contribution in [1.29, 1.82) is 0 Å². The van der Waals surface area contributed by atoms with E-state index >= 15 is 0 Å². The van der Waals surface area contributed by atoms with Gasteiger partial charge in [0, 0.05) is 23.7 Å². The van der Waals surface area contributed by atoms with Crippen LogP contribution in [0.5, 0.6) is 0 Å². The van der Waals surface area contributed by atoms with Gasteiger partial charge in [0.2, 0.25) is 11.8 Å². The number of aryl methyl sites for hydroxylation is 1. The summed E-state index contributed by atoms with van der Waals surface area (Å²) in [4.78, 5) is 24.1. The lowest BCUT2D eigenvalue weighted by atomic mass is 10.1. The summed E-state index contributed by atoms with van der Waals surface area (Å²) in [5.74, 6) is -0.240. The molecule has 0 aliphatic carbocycles. The van der Waals surface area contributed by atoms with Crippen molar-refractivity contribution < 1.29 is 9.59 Å². The van der Waals surface area contributed by atoms with Crippen LogP contribution < -0.4 is 10.6 Å². The van der Waals surface area contributed by atoms with Gasteiger partial charge in [-0.3, -0.25) is 14.0 Å². The van der Waals surface area contributed by atoms with Crippen molar-refractivity contribution in [3.8, 4) is 0 Å². The summed E-state index contributed by atoms with van der Waals surface area (Å²) in [7, 11) is 0. The largest absolute Gasteiger partial charge is 0.326 e. The zero-order valence-electron chi connectivity index (χ0n) is 17.5. The third kappa shape index (κ3) is 4.39. The highest BCUT2D eigenvalue weighted by Crippen LogP contribution is 2.29. The van der Waals surface area contributed by atoms with E-state index in [1.165, 1.54) is 18.7 Å². The van der Waals surface area contributed by atoms with Crippen molar-refractivity contribution in [2.45, 2.75) is 37.6 Å². The van der Waals surface area contributed by atoms with Gasteiger partial charge in [0.1, 0.15) is 0 Å². The van der Waals surface area contributed by atoms with Crippen LogP contribution >= 0.6 is 11.8 Å². The molecule has 0 saturated carbocycles. The number of benzene rings is 2. The standard InChI is InChI=1S/C23H23N5O2S/c1-4-20(22(30)25-17-11-9-16(10-12-17)24-15(3)29)31-23-27-26-21-13-14(2)18-7-5-6-8-19(18)28(21)23/h5-13,20H,4H2,1-3H3,(H,24,29)(H,25,30). The van der Waals surface area contributed by atoms with Gasteiger partial charge in [-0.1, -0.05) is 36.9 Å². The quantitative estimate of drug-likeness (QED) is 0.432. The van der Waals surface area contributed by atoms with Gasteiger partial charge < -0.3 is 10.6 Å². The van der Waals surface area contributed by atoms with Gasteiger partial charge in [-0.15, -0.1) is 10.2 Å². The molecular weight excluding hydrogens is 410 g/mol. The first-order valence-corrected chi connectivity index (χ1v) is 10.9. The van der Waals surface area contributed by atoms with Gasteiger partial charge >= 0.3 is 0 Å². The molecule has 2 aromatic heterocycles. The number of thioether (sulfide) groups is 1. The molecule has 0 radical (unpaired) electrons. The van der Waals surface area contributed by atoms with Crippen LogP contribution in [0.2, 0.25) is 0 Å². The molecule has 1 unspecified atom stereocenters. The Balaban J connectivity index is 1.56. The van der Waals surface area contributed by atoms with Gasteiger partial charge in [0.05, 0.1) is 10.8 Å². The molecule has 0 saturated heterocycles. The minimum atomic E-state index is -0.331. The van der Waals surface area contributed by atoms with Crippen LogP contribution in [-0.4, -0.2) is 31.7 Å². The third-order valence-electron chi connectivity index (χ3n) is 4.96. The Hall–Kier alpha value is -3.39. The zero-order chi connectivity index (χ0) is 22.0. The molecule has 4 aromatic rings. The van der Waals surface area contributed by atoms with Gasteiger partial charge in [-0.2, -0.15) is 0 Å². The predicted octanol–water partition coefficient (Wildman–Crippen LogP) is 4.66. The number of nitrogens with zero attached hydrogens (tertiary/aromatic N) is 3. The van der Waals surface area contributed by atoms with Crippen LogP contribution in [0.25, 0.3) is 16.6 Å². The van der Waals surface area contributed by atoms with E-state index in [0.717, 1.165) is 22.1 Å². The van der Waals surface area contributed by atoms with Gasteiger partial charge in [-0.05, 0) is 55.3 Å². The number of fused-ring (bicyclic) bond motifs is 3. The van der Waals surface area contributed by atoms with Gasteiger partial charge in [0.25, 0.3) is 0 Å². The highest BCUT2D eigenvalue weighted by atomic mass is 32.2. The summed E-state index contributed by atoms with van der Waals surface area (Å²) in [6, 6.07) is 17.2. The van der Waals surface area contributed by atoms with Crippen LogP contribution in [-0.2, 0) is 9.59 Å². The molecule has 7 nitrogen and oxygen atoms in total. The number of carbonyl (C=O) groups is 2. The van der Waals surface area contributed by atoms with Crippen LogP contribution in [0.15, 0.2) is 59.8 Å². The van der Waals surface area contributed by atoms with Crippen molar-refractivity contribution in [1.82, 2.24) is 14.6 Å². The summed E-state index contributed by atoms with van der Waals surface area (Å²) >= 11 is 1.40. The van der Waals surface area contributed by atoms with E-state index < -0.39 is 0 Å². The Morgan fingerprint density at radius 2 is 1.71 bits per heavy atom. The molecule has 158 valence electrons. The fourth-order valence-corrected chi connectivity index (χ4v) is 4.44. The highest BCUT2D eigenvalue weighted by Gasteiger charge is 2.22. The summed E-state index contributed by atoms with van der Waals surface area (Å²) in [5, 5.41) is 15.8. The minimum absolute atomic E-state index is 0.104. The number of carbonyl (C=O) groups excluding carboxylic acids is 2. The fourth-order valence-electron chi connectivity index (χ4n) is 3.46. The van der Waals surface area contributed by atoms with Gasteiger partial charge in [-0.25, -0.2) is 0 Å². The second kappa shape index (κ2) is 8.77. The lowest BCUT2D eigenvalue weighted by molar-refractivity contribution is -0.116. The van der Waals surface area contributed by atoms with E-state index in [2.05, 4.69) is 33.8 Å². The Kier molecular flexibility index (Phi) is 5.90. The van der Waals surface area contributed by atoms with Crippen LogP contribution in [0.4, 0.5) is 11.4 Å². The molecule has 2 amide bonds. The summed E-state index contributed by atoms with van der Waals surface area (Å²) in [6.07, 6.45) is 0.638. The lowest BCUT2D eigenvalue weighted by Crippen LogP contribution is -2.24. The van der Waals surface area contributed by atoms with Crippen LogP contribution in [0.1, 0.15) is 25.8 Å². The SMILES string of the molecule is CCC(Sc1nnc2cc(C)c3ccccc3n12)C(=O)Nc1ccc(NC(C)=O)cc1. The van der Waals surface area contributed by atoms with Crippen molar-refractivity contribution in [3.05, 3.63) is 60.2 Å². The van der Waals surface area contributed by atoms with E-state index in [-0.39, 0.29) is 17.1 Å². The number of para-hydroxylation sites is 1. The minimum Gasteiger partial charge on any atom is -0.326 e. The maximum absolute atomic E-state index is 12.9. The smallest absolute Gasteiger partial charge is 0.237 e. The normalized spacial score (nSPS) is 12.1. The third-order valence-corrected chi connectivity index (χ3v) is 6.26. The number of pyridine rings is 1. The Bertz CT molecular complexity index is 1270. The topological polar surface area (TPSA) is 88.4 Å². The highest BCUT2D eigenvalue weighted by molar-refractivity contribution is 8.00. The number of nitrogens with one attached hydrogen (secondary N) is 2. The molecule has 1 atom stereocenters. The van der Waals surface area contributed by atoms with E-state index in [1.807, 2.05) is 35.6 Å². The molecular formula is C23H23N5O2S. The molecule has 0 fully saturated rings. The van der Waals surface area contributed by atoms with Crippen LogP contribution in [0.3, 0.4) is 0 Å². The molecule has 2 N–H and O–H groups in total. The van der Waals surface area contributed by atoms with E-state index in [1.54, 1.807) is 24.3 Å². The van der Waals surface area contributed by atoms with E-state index in [0.29, 0.717) is 23.0 Å². The molecule has 0 spiro atoms. The fraction of sp³-hybridized carbons (Fsp3) is 0.217. The van der Waals surface area contributed by atoms with Crippen molar-refractivity contribution in [2.75, 3.05) is 10.6 Å². The van der Waals surface area contributed by atoms with Crippen molar-refractivity contribution in [2.24, 2.45) is 0 Å². The molecule has 0 aliphatic heterocycles. The first-order valence-electron chi connectivity index (χ1n) is 10.0. The summed E-state index contributed by atoms with van der Waals surface area (Å²) in [5.41, 5.74) is 4.28. The second-order valence-electron chi connectivity index (χ2n) is 7.28. The van der Waals surface area contributed by atoms with E-state index in [4.69, 9.17) is 0 Å². The Morgan fingerprint density at radius 3 is 2.39 bits per heavy atom. The number of hydrogen-bond donors (Lipinski definition) is 2. The average molecular weight is 434 g/mol. The molecule has 31 heavy (non-hydrogen) atoms. The number of hydrogen-bond acceptors (Lipinski definition) is 5. The molecule has 2 aromatic carbocycles. The first-order chi connectivity index (χ1) is 15.0. The predicted molar refractivity (Wildman–Crippen MR) is 125 cm³/mol. The zero-order valence-corrected chi connectivity index (χ0v) is 18.4. The number of rotatable bonds is 6. The molecule has 8 heteroatoms. The molecule has 0 bridgehead atoms. The summed E-state index contributed by atoms with van der Waals surface area (Å²) in [6.45, 7) is 5.49. The van der Waals surface area contributed by atoms with Crippen molar-refractivity contribution >= 4 is 51.5 Å². The molecule has 2 heterocycles. The Morgan fingerprint density at radius 1 is 1.03 bits per heavy atom. The van der Waals surface area contributed by atoms with Gasteiger partial charge in [0.15, 0.2) is 10.8 Å². The monoisotopic (exact) mass is 433 g/mol. The number of amides is 2. The van der Waals surface area contributed by atoms with Crippen molar-refractivity contribution in [3.63, 3.8) is 0 Å². The second-order valence-corrected chi connectivity index (χ2v) is 8.45. The maximum Gasteiger partial charge on any atom is 0.237 e. The first kappa shape index (κ1) is 20.9. The molecule has 4 rings (SSSR count). The summed E-state index contributed by atoms with van der Waals surface area (Å²) < 4.78 is 2.01. The number of anilines is 2.